The Morgan fingerprint density at radius 1 is 0.696 bits per heavy atom. The van der Waals surface area contributed by atoms with Gasteiger partial charge in [-0.15, -0.1) is 0 Å². The van der Waals surface area contributed by atoms with E-state index in [9.17, 15) is 19.2 Å². The van der Waals surface area contributed by atoms with E-state index in [-0.39, 0.29) is 70.7 Å². The van der Waals surface area contributed by atoms with Crippen molar-refractivity contribution in [2.75, 3.05) is 13.2 Å². The standard InChI is InChI=1S/2C4H5NO3.2C2H6O.Ti/c2*6-3-1-2-4(7)5(3)8;2*1-2-3;/h2*8H,1-2H2;2*3H,2H2,1H3;. The van der Waals surface area contributed by atoms with Crippen molar-refractivity contribution in [1.29, 1.82) is 0 Å². The van der Waals surface area contributed by atoms with E-state index in [0.717, 1.165) is 0 Å². The summed E-state index contributed by atoms with van der Waals surface area (Å²) in [5, 5.41) is 32.3. The van der Waals surface area contributed by atoms with Gasteiger partial charge in [-0.3, -0.25) is 29.6 Å². The molecule has 0 aromatic carbocycles. The minimum Gasteiger partial charge on any atom is -0.397 e. The van der Waals surface area contributed by atoms with Crippen LogP contribution in [0.4, 0.5) is 0 Å². The molecule has 0 aromatic rings. The summed E-state index contributed by atoms with van der Waals surface area (Å²) < 4.78 is 0. The molecule has 0 saturated carbocycles. The summed E-state index contributed by atoms with van der Waals surface area (Å²) in [7, 11) is 0. The van der Waals surface area contributed by atoms with E-state index in [0.29, 0.717) is 0 Å². The molecule has 2 rings (SSSR count). The van der Waals surface area contributed by atoms with Crippen LogP contribution < -0.4 is 0 Å². The van der Waals surface area contributed by atoms with Crippen LogP contribution in [0.3, 0.4) is 0 Å². The second-order valence-electron chi connectivity index (χ2n) is 3.83. The molecule has 23 heavy (non-hydrogen) atoms. The molecule has 0 aliphatic carbocycles. The van der Waals surface area contributed by atoms with E-state index in [4.69, 9.17) is 20.6 Å². The quantitative estimate of drug-likeness (QED) is 0.241. The van der Waals surface area contributed by atoms with Gasteiger partial charge >= 0.3 is 0 Å². The van der Waals surface area contributed by atoms with Gasteiger partial charge in [0.15, 0.2) is 0 Å². The van der Waals surface area contributed by atoms with E-state index in [1.54, 1.807) is 13.8 Å². The van der Waals surface area contributed by atoms with Gasteiger partial charge in [0.2, 0.25) is 0 Å². The van der Waals surface area contributed by atoms with Crippen molar-refractivity contribution in [1.82, 2.24) is 10.1 Å². The Morgan fingerprint density at radius 2 is 0.826 bits per heavy atom. The average Bonchev–Trinajstić information content (AvgIpc) is 2.92. The minimum atomic E-state index is -0.505. The molecule has 11 heteroatoms. The van der Waals surface area contributed by atoms with E-state index in [1.807, 2.05) is 0 Å². The average molecular weight is 370 g/mol. The number of amides is 4. The van der Waals surface area contributed by atoms with Crippen LogP contribution in [0.15, 0.2) is 0 Å². The fraction of sp³-hybridized carbons (Fsp3) is 0.667. The summed E-state index contributed by atoms with van der Waals surface area (Å²) in [6, 6.07) is 0. The SMILES string of the molecule is CCO.CCO.O=C1CCC(=O)N1O.O=C1CCC(=O)N1O.[Ti]. The van der Waals surface area contributed by atoms with Crippen LogP contribution in [-0.2, 0) is 40.9 Å². The number of hydroxylamine groups is 4. The second-order valence-corrected chi connectivity index (χ2v) is 3.83. The first-order valence-corrected chi connectivity index (χ1v) is 6.57. The van der Waals surface area contributed by atoms with Crippen LogP contribution in [0, 0.1) is 0 Å². The van der Waals surface area contributed by atoms with E-state index < -0.39 is 23.6 Å². The van der Waals surface area contributed by atoms with Crippen LogP contribution in [0.25, 0.3) is 0 Å². The first-order valence-electron chi connectivity index (χ1n) is 6.57. The van der Waals surface area contributed by atoms with Gasteiger partial charge in [0.05, 0.1) is 0 Å². The summed E-state index contributed by atoms with van der Waals surface area (Å²) in [5.41, 5.74) is 0. The monoisotopic (exact) mass is 370 g/mol. The van der Waals surface area contributed by atoms with Crippen LogP contribution in [0.5, 0.6) is 0 Å². The predicted octanol–water partition coefficient (Wildman–Crippen LogP) is -0.956. The van der Waals surface area contributed by atoms with Crippen LogP contribution in [-0.4, -0.2) is 67.6 Å². The topological polar surface area (TPSA) is 156 Å². The molecule has 2 heterocycles. The zero-order chi connectivity index (χ0) is 17.7. The first-order chi connectivity index (χ1) is 10.3. The molecule has 0 unspecified atom stereocenters. The predicted molar refractivity (Wildman–Crippen MR) is 71.3 cm³/mol. The van der Waals surface area contributed by atoms with Gasteiger partial charge in [-0.25, -0.2) is 0 Å². The molecule has 2 aliphatic heterocycles. The van der Waals surface area contributed by atoms with Gasteiger partial charge in [0.1, 0.15) is 0 Å². The Labute approximate surface area is 148 Å². The van der Waals surface area contributed by atoms with Crippen LogP contribution >= 0.6 is 0 Å². The largest absolute Gasteiger partial charge is 0.397 e. The van der Waals surface area contributed by atoms with Gasteiger partial charge in [-0.1, -0.05) is 0 Å². The Morgan fingerprint density at radius 3 is 0.870 bits per heavy atom. The summed E-state index contributed by atoms with van der Waals surface area (Å²) in [4.78, 5) is 41.0. The van der Waals surface area contributed by atoms with Gasteiger partial charge in [-0.05, 0) is 13.8 Å². The third-order valence-corrected chi connectivity index (χ3v) is 2.05. The summed E-state index contributed by atoms with van der Waals surface area (Å²) in [5.74, 6) is -2.02. The molecular weight excluding hydrogens is 348 g/mol. The number of aliphatic hydroxyl groups excluding tert-OH is 2. The maximum Gasteiger partial charge on any atom is 0.253 e. The van der Waals surface area contributed by atoms with Gasteiger partial charge < -0.3 is 10.2 Å². The fourth-order valence-corrected chi connectivity index (χ4v) is 1.13. The number of carbonyl (C=O) groups excluding carboxylic acids is 4. The Hall–Kier alpha value is -1.17. The molecule has 10 nitrogen and oxygen atoms in total. The van der Waals surface area contributed by atoms with Crippen molar-refractivity contribution in [3.8, 4) is 0 Å². The van der Waals surface area contributed by atoms with Crippen molar-refractivity contribution >= 4 is 23.6 Å². The molecule has 0 atom stereocenters. The van der Waals surface area contributed by atoms with E-state index >= 15 is 0 Å². The van der Waals surface area contributed by atoms with Crippen molar-refractivity contribution in [3.05, 3.63) is 0 Å². The fourth-order valence-electron chi connectivity index (χ4n) is 1.13. The number of rotatable bonds is 0. The molecule has 4 N–H and O–H groups in total. The molecule has 0 radical (unpaired) electrons. The summed E-state index contributed by atoms with van der Waals surface area (Å²) >= 11 is 0. The van der Waals surface area contributed by atoms with Gasteiger partial charge in [0.25, 0.3) is 23.6 Å². The van der Waals surface area contributed by atoms with Gasteiger partial charge in [-0.2, -0.15) is 10.1 Å². The number of nitrogens with zero attached hydrogens (tertiary/aromatic N) is 2. The number of aliphatic hydroxyl groups is 2. The minimum absolute atomic E-state index is 0. The molecule has 2 saturated heterocycles. The van der Waals surface area contributed by atoms with Crippen molar-refractivity contribution in [3.63, 3.8) is 0 Å². The van der Waals surface area contributed by atoms with Gasteiger partial charge in [0, 0.05) is 60.6 Å². The molecular formula is C12H22N2O8Ti. The van der Waals surface area contributed by atoms with Crippen LogP contribution in [0.2, 0.25) is 0 Å². The zero-order valence-corrected chi connectivity index (χ0v) is 14.6. The van der Waals surface area contributed by atoms with E-state index in [2.05, 4.69) is 0 Å². The maximum absolute atomic E-state index is 10.2. The summed E-state index contributed by atoms with van der Waals surface area (Å²) in [6.45, 7) is 3.86. The van der Waals surface area contributed by atoms with Crippen molar-refractivity contribution in [2.45, 2.75) is 39.5 Å². The number of hydrogen-bond acceptors (Lipinski definition) is 8. The normalized spacial score (nSPS) is 15.7. The number of hydrogen-bond donors (Lipinski definition) is 4. The molecule has 0 spiro atoms. The third-order valence-electron chi connectivity index (χ3n) is 2.05. The molecule has 132 valence electrons. The smallest absolute Gasteiger partial charge is 0.253 e. The molecule has 2 fully saturated rings. The molecule has 0 aromatic heterocycles. The Bertz CT molecular complexity index is 323. The zero-order valence-electron chi connectivity index (χ0n) is 13.1. The number of carbonyl (C=O) groups is 4. The number of imide groups is 2. The van der Waals surface area contributed by atoms with Crippen molar-refractivity contribution in [2.24, 2.45) is 0 Å². The second kappa shape index (κ2) is 15.7. The van der Waals surface area contributed by atoms with Crippen LogP contribution in [0.1, 0.15) is 39.5 Å². The Balaban J connectivity index is -0.000000253. The summed E-state index contributed by atoms with van der Waals surface area (Å²) in [6.07, 6.45) is 0.593. The van der Waals surface area contributed by atoms with E-state index in [1.165, 1.54) is 0 Å². The molecule has 2 aliphatic rings. The van der Waals surface area contributed by atoms with Crippen molar-refractivity contribution < 1.29 is 61.5 Å². The maximum atomic E-state index is 10.2. The molecule has 4 amide bonds. The molecule has 0 bridgehead atoms. The first kappa shape index (κ1) is 26.7. The Kier molecular flexibility index (Phi) is 18.3. The third kappa shape index (κ3) is 12.0.